The molecular weight excluding hydrogens is 234 g/mol. The van der Waals surface area contributed by atoms with Gasteiger partial charge < -0.3 is 5.32 Å². The van der Waals surface area contributed by atoms with Crippen molar-refractivity contribution in [2.45, 2.75) is 33.7 Å². The number of aromatic nitrogens is 2. The van der Waals surface area contributed by atoms with Crippen LogP contribution in [0.15, 0.2) is 18.3 Å². The lowest BCUT2D eigenvalue weighted by atomic mass is 9.92. The van der Waals surface area contributed by atoms with E-state index in [0.717, 1.165) is 0 Å². The zero-order valence-electron chi connectivity index (χ0n) is 12.7. The van der Waals surface area contributed by atoms with E-state index in [1.165, 1.54) is 33.5 Å². The summed E-state index contributed by atoms with van der Waals surface area (Å²) in [4.78, 5) is 0. The number of aryl methyl sites for hydroxylation is 4. The first-order valence-electron chi connectivity index (χ1n) is 6.69. The van der Waals surface area contributed by atoms with Gasteiger partial charge in [0, 0.05) is 18.3 Å². The molecule has 1 N–H and O–H groups in total. The minimum atomic E-state index is 0.202. The molecule has 0 aliphatic heterocycles. The lowest BCUT2D eigenvalue weighted by Gasteiger charge is -2.20. The molecule has 2 aromatic rings. The normalized spacial score (nSPS) is 12.7. The Labute approximate surface area is 115 Å². The Kier molecular flexibility index (Phi) is 3.76. The smallest absolute Gasteiger partial charge is 0.0610 e. The number of rotatable bonds is 3. The molecule has 1 atom stereocenters. The summed E-state index contributed by atoms with van der Waals surface area (Å²) in [6.07, 6.45) is 1.96. The van der Waals surface area contributed by atoms with Crippen LogP contribution in [0.4, 0.5) is 0 Å². The molecule has 0 aliphatic rings. The number of nitrogens with one attached hydrogen (secondary N) is 1. The lowest BCUT2D eigenvalue weighted by molar-refractivity contribution is 0.675. The van der Waals surface area contributed by atoms with E-state index in [0.29, 0.717) is 0 Å². The van der Waals surface area contributed by atoms with Crippen LogP contribution in [-0.2, 0) is 7.05 Å². The molecule has 3 heteroatoms. The SMILES string of the molecule is CNC(c1cc(C)c(C)cc1C)c1cnn(C)c1C. The van der Waals surface area contributed by atoms with Crippen molar-refractivity contribution in [3.8, 4) is 0 Å². The molecule has 1 unspecified atom stereocenters. The van der Waals surface area contributed by atoms with Crippen LogP contribution in [-0.4, -0.2) is 16.8 Å². The van der Waals surface area contributed by atoms with Gasteiger partial charge in [0.15, 0.2) is 0 Å². The van der Waals surface area contributed by atoms with Gasteiger partial charge in [0.1, 0.15) is 0 Å². The van der Waals surface area contributed by atoms with Crippen molar-refractivity contribution in [3.63, 3.8) is 0 Å². The molecule has 2 rings (SSSR count). The van der Waals surface area contributed by atoms with E-state index in [1.54, 1.807) is 0 Å². The number of hydrogen-bond donors (Lipinski definition) is 1. The van der Waals surface area contributed by atoms with Crippen LogP contribution in [0, 0.1) is 27.7 Å². The highest BCUT2D eigenvalue weighted by Crippen LogP contribution is 2.28. The summed E-state index contributed by atoms with van der Waals surface area (Å²) in [5, 5.41) is 7.78. The number of nitrogens with zero attached hydrogens (tertiary/aromatic N) is 2. The van der Waals surface area contributed by atoms with E-state index in [4.69, 9.17) is 0 Å². The van der Waals surface area contributed by atoms with Crippen molar-refractivity contribution >= 4 is 0 Å². The molecule has 1 aromatic heterocycles. The van der Waals surface area contributed by atoms with E-state index < -0.39 is 0 Å². The molecule has 102 valence electrons. The van der Waals surface area contributed by atoms with Crippen molar-refractivity contribution in [2.75, 3.05) is 7.05 Å². The van der Waals surface area contributed by atoms with E-state index in [-0.39, 0.29) is 6.04 Å². The van der Waals surface area contributed by atoms with Crippen LogP contribution in [0.3, 0.4) is 0 Å². The first-order chi connectivity index (χ1) is 8.95. The second-order valence-corrected chi connectivity index (χ2v) is 5.32. The Balaban J connectivity index is 2.54. The summed E-state index contributed by atoms with van der Waals surface area (Å²) >= 11 is 0. The molecule has 0 bridgehead atoms. The Morgan fingerprint density at radius 3 is 2.16 bits per heavy atom. The zero-order valence-corrected chi connectivity index (χ0v) is 12.7. The number of benzene rings is 1. The molecule has 1 heterocycles. The maximum Gasteiger partial charge on any atom is 0.0610 e. The molecule has 0 amide bonds. The van der Waals surface area contributed by atoms with E-state index in [2.05, 4.69) is 50.2 Å². The van der Waals surface area contributed by atoms with Gasteiger partial charge in [-0.05, 0) is 57.0 Å². The van der Waals surface area contributed by atoms with Crippen molar-refractivity contribution in [2.24, 2.45) is 7.05 Å². The Bertz CT molecular complexity index is 596. The standard InChI is InChI=1S/C16H23N3/c1-10-7-12(3)14(8-11(10)2)16(17-5)15-9-18-19(6)13(15)4/h7-9,16-17H,1-6H3. The molecular formula is C16H23N3. The first kappa shape index (κ1) is 13.8. The van der Waals surface area contributed by atoms with Crippen molar-refractivity contribution in [1.29, 1.82) is 0 Å². The van der Waals surface area contributed by atoms with Gasteiger partial charge in [-0.3, -0.25) is 4.68 Å². The van der Waals surface area contributed by atoms with Gasteiger partial charge >= 0.3 is 0 Å². The lowest BCUT2D eigenvalue weighted by Crippen LogP contribution is -2.19. The molecule has 0 saturated carbocycles. The third-order valence-electron chi connectivity index (χ3n) is 4.07. The van der Waals surface area contributed by atoms with Gasteiger partial charge in [0.25, 0.3) is 0 Å². The van der Waals surface area contributed by atoms with Crippen LogP contribution in [0.2, 0.25) is 0 Å². The zero-order chi connectivity index (χ0) is 14.2. The van der Waals surface area contributed by atoms with Gasteiger partial charge in [0.05, 0.1) is 12.2 Å². The molecule has 3 nitrogen and oxygen atoms in total. The second kappa shape index (κ2) is 5.17. The largest absolute Gasteiger partial charge is 0.309 e. The summed E-state index contributed by atoms with van der Waals surface area (Å²) in [6.45, 7) is 8.62. The minimum Gasteiger partial charge on any atom is -0.309 e. The van der Waals surface area contributed by atoms with E-state index in [1.807, 2.05) is 25.0 Å². The summed E-state index contributed by atoms with van der Waals surface area (Å²) < 4.78 is 1.93. The summed E-state index contributed by atoms with van der Waals surface area (Å²) in [5.74, 6) is 0. The highest BCUT2D eigenvalue weighted by molar-refractivity contribution is 5.42. The van der Waals surface area contributed by atoms with Gasteiger partial charge in [-0.1, -0.05) is 12.1 Å². The molecule has 0 radical (unpaired) electrons. The monoisotopic (exact) mass is 257 g/mol. The third-order valence-corrected chi connectivity index (χ3v) is 4.07. The average molecular weight is 257 g/mol. The highest BCUT2D eigenvalue weighted by Gasteiger charge is 2.19. The molecule has 19 heavy (non-hydrogen) atoms. The second-order valence-electron chi connectivity index (χ2n) is 5.32. The first-order valence-corrected chi connectivity index (χ1v) is 6.69. The summed E-state index contributed by atoms with van der Waals surface area (Å²) in [7, 11) is 3.99. The van der Waals surface area contributed by atoms with Crippen LogP contribution in [0.25, 0.3) is 0 Å². The predicted molar refractivity (Wildman–Crippen MR) is 79.5 cm³/mol. The Morgan fingerprint density at radius 2 is 1.63 bits per heavy atom. The summed E-state index contributed by atoms with van der Waals surface area (Å²) in [6, 6.07) is 4.76. The minimum absolute atomic E-state index is 0.202. The third kappa shape index (κ3) is 2.43. The number of hydrogen-bond acceptors (Lipinski definition) is 2. The molecule has 1 aromatic carbocycles. The van der Waals surface area contributed by atoms with E-state index in [9.17, 15) is 0 Å². The van der Waals surface area contributed by atoms with Gasteiger partial charge in [-0.15, -0.1) is 0 Å². The van der Waals surface area contributed by atoms with E-state index >= 15 is 0 Å². The van der Waals surface area contributed by atoms with Crippen molar-refractivity contribution < 1.29 is 0 Å². The van der Waals surface area contributed by atoms with Crippen molar-refractivity contribution in [1.82, 2.24) is 15.1 Å². The fourth-order valence-electron chi connectivity index (χ4n) is 2.57. The quantitative estimate of drug-likeness (QED) is 0.916. The van der Waals surface area contributed by atoms with Gasteiger partial charge in [-0.25, -0.2) is 0 Å². The van der Waals surface area contributed by atoms with Crippen LogP contribution in [0.5, 0.6) is 0 Å². The maximum atomic E-state index is 4.36. The van der Waals surface area contributed by atoms with Crippen LogP contribution in [0.1, 0.15) is 39.6 Å². The Morgan fingerprint density at radius 1 is 1.00 bits per heavy atom. The molecule has 0 fully saturated rings. The maximum absolute atomic E-state index is 4.36. The predicted octanol–water partition coefficient (Wildman–Crippen LogP) is 2.96. The molecule has 0 aliphatic carbocycles. The molecule has 0 spiro atoms. The summed E-state index contributed by atoms with van der Waals surface area (Å²) in [5.41, 5.74) is 7.79. The average Bonchev–Trinajstić information content (AvgIpc) is 2.68. The van der Waals surface area contributed by atoms with Gasteiger partial charge in [0.2, 0.25) is 0 Å². The topological polar surface area (TPSA) is 29.9 Å². The van der Waals surface area contributed by atoms with Gasteiger partial charge in [-0.2, -0.15) is 5.10 Å². The van der Waals surface area contributed by atoms with Crippen LogP contribution >= 0.6 is 0 Å². The fraction of sp³-hybridized carbons (Fsp3) is 0.438. The van der Waals surface area contributed by atoms with Crippen molar-refractivity contribution in [3.05, 3.63) is 51.8 Å². The Hall–Kier alpha value is -1.61. The molecule has 0 saturated heterocycles. The van der Waals surface area contributed by atoms with Crippen LogP contribution < -0.4 is 5.32 Å². The fourth-order valence-corrected chi connectivity index (χ4v) is 2.57. The highest BCUT2D eigenvalue weighted by atomic mass is 15.3.